The highest BCUT2D eigenvalue weighted by Gasteiger charge is 2.26. The molecule has 118 valence electrons. The van der Waals surface area contributed by atoms with Crippen LogP contribution in [0.25, 0.3) is 0 Å². The van der Waals surface area contributed by atoms with Crippen LogP contribution in [0.2, 0.25) is 0 Å². The van der Waals surface area contributed by atoms with E-state index in [2.05, 4.69) is 77.1 Å². The zero-order valence-corrected chi connectivity index (χ0v) is 14.9. The topological polar surface area (TPSA) is 0 Å². The van der Waals surface area contributed by atoms with Gasteiger partial charge in [0.05, 0.1) is 0 Å². The maximum atomic E-state index is 2.38. The molecule has 0 aliphatic heterocycles. The van der Waals surface area contributed by atoms with Crippen LogP contribution in [0.4, 0.5) is 0 Å². The van der Waals surface area contributed by atoms with E-state index in [1.54, 1.807) is 11.1 Å². The smallest absolute Gasteiger partial charge is 0.00917 e. The van der Waals surface area contributed by atoms with E-state index >= 15 is 0 Å². The van der Waals surface area contributed by atoms with Crippen LogP contribution >= 0.6 is 0 Å². The van der Waals surface area contributed by atoms with Gasteiger partial charge in [-0.2, -0.15) is 0 Å². The SMILES string of the molecule is CC(C=CC1=C(C)CCCC1(C)C)=CCc1ccc(C)cc1. The second-order valence-corrected chi connectivity index (χ2v) is 7.40. The van der Waals surface area contributed by atoms with Gasteiger partial charge in [-0.15, -0.1) is 0 Å². The lowest BCUT2D eigenvalue weighted by atomic mass is 9.72. The normalized spacial score (nSPS) is 19.0. The van der Waals surface area contributed by atoms with Crippen molar-refractivity contribution in [2.24, 2.45) is 5.41 Å². The van der Waals surface area contributed by atoms with E-state index in [1.165, 1.54) is 36.0 Å². The van der Waals surface area contributed by atoms with Gasteiger partial charge in [-0.3, -0.25) is 0 Å². The second-order valence-electron chi connectivity index (χ2n) is 7.40. The molecule has 0 saturated carbocycles. The summed E-state index contributed by atoms with van der Waals surface area (Å²) >= 11 is 0. The molecule has 0 heterocycles. The lowest BCUT2D eigenvalue weighted by molar-refractivity contribution is 0.377. The molecule has 0 bridgehead atoms. The molecule has 0 heteroatoms. The third kappa shape index (κ3) is 4.47. The van der Waals surface area contributed by atoms with Crippen LogP contribution in [0.5, 0.6) is 0 Å². The Hall–Kier alpha value is -1.56. The summed E-state index contributed by atoms with van der Waals surface area (Å²) in [7, 11) is 0. The summed E-state index contributed by atoms with van der Waals surface area (Å²) in [6, 6.07) is 8.82. The number of hydrogen-bond donors (Lipinski definition) is 0. The Labute approximate surface area is 136 Å². The quantitative estimate of drug-likeness (QED) is 0.551. The van der Waals surface area contributed by atoms with Gasteiger partial charge in [0.15, 0.2) is 0 Å². The second kappa shape index (κ2) is 7.13. The standard InChI is InChI=1S/C22H30/c1-17-8-12-20(13-9-17)14-10-18(2)11-15-21-19(3)7-6-16-22(21,4)5/h8-13,15H,6-7,14,16H2,1-5H3. The molecule has 0 nitrogen and oxygen atoms in total. The molecule has 1 aliphatic carbocycles. The first-order valence-corrected chi connectivity index (χ1v) is 8.49. The lowest BCUT2D eigenvalue weighted by Crippen LogP contribution is -2.19. The number of rotatable bonds is 4. The maximum Gasteiger partial charge on any atom is -0.00917 e. The van der Waals surface area contributed by atoms with Crippen molar-refractivity contribution >= 4 is 0 Å². The molecular weight excluding hydrogens is 264 g/mol. The minimum absolute atomic E-state index is 0.329. The molecule has 0 amide bonds. The number of aryl methyl sites for hydroxylation is 1. The Balaban J connectivity index is 2.05. The predicted molar refractivity (Wildman–Crippen MR) is 98.1 cm³/mol. The molecule has 0 saturated heterocycles. The molecule has 1 aliphatic rings. The molecule has 0 N–H and O–H groups in total. The monoisotopic (exact) mass is 294 g/mol. The van der Waals surface area contributed by atoms with Gasteiger partial charge in [0, 0.05) is 0 Å². The van der Waals surface area contributed by atoms with Gasteiger partial charge >= 0.3 is 0 Å². The van der Waals surface area contributed by atoms with Gasteiger partial charge in [0.25, 0.3) is 0 Å². The van der Waals surface area contributed by atoms with Crippen molar-refractivity contribution in [1.82, 2.24) is 0 Å². The predicted octanol–water partition coefficient (Wildman–Crippen LogP) is 6.57. The Kier molecular flexibility index (Phi) is 5.45. The first kappa shape index (κ1) is 16.8. The average molecular weight is 294 g/mol. The first-order chi connectivity index (χ1) is 10.4. The lowest BCUT2D eigenvalue weighted by Gasteiger charge is -2.32. The largest absolute Gasteiger partial charge is 0.0772 e. The minimum atomic E-state index is 0.329. The van der Waals surface area contributed by atoms with E-state index in [-0.39, 0.29) is 0 Å². The summed E-state index contributed by atoms with van der Waals surface area (Å²) in [4.78, 5) is 0. The van der Waals surface area contributed by atoms with Crippen LogP contribution < -0.4 is 0 Å². The maximum absolute atomic E-state index is 2.38. The van der Waals surface area contributed by atoms with Crippen LogP contribution in [-0.4, -0.2) is 0 Å². The molecule has 0 spiro atoms. The van der Waals surface area contributed by atoms with E-state index in [1.807, 2.05) is 0 Å². The highest BCUT2D eigenvalue weighted by molar-refractivity contribution is 5.36. The van der Waals surface area contributed by atoms with Crippen molar-refractivity contribution < 1.29 is 0 Å². The Bertz CT molecular complexity index is 591. The third-order valence-corrected chi connectivity index (χ3v) is 4.84. The van der Waals surface area contributed by atoms with Crippen molar-refractivity contribution in [3.63, 3.8) is 0 Å². The van der Waals surface area contributed by atoms with Crippen LogP contribution in [0, 0.1) is 12.3 Å². The molecule has 0 fully saturated rings. The molecule has 1 aromatic carbocycles. The fraction of sp³-hybridized carbons (Fsp3) is 0.455. The number of hydrogen-bond acceptors (Lipinski definition) is 0. The summed E-state index contributed by atoms with van der Waals surface area (Å²) in [6.07, 6.45) is 11.9. The zero-order valence-electron chi connectivity index (χ0n) is 14.9. The molecule has 2 rings (SSSR count). The van der Waals surface area contributed by atoms with E-state index in [4.69, 9.17) is 0 Å². The summed E-state index contributed by atoms with van der Waals surface area (Å²) in [5.41, 5.74) is 7.50. The van der Waals surface area contributed by atoms with Gasteiger partial charge < -0.3 is 0 Å². The zero-order chi connectivity index (χ0) is 16.2. The summed E-state index contributed by atoms with van der Waals surface area (Å²) < 4.78 is 0. The fourth-order valence-corrected chi connectivity index (χ4v) is 3.30. The summed E-state index contributed by atoms with van der Waals surface area (Å²) in [5.74, 6) is 0. The Morgan fingerprint density at radius 3 is 2.45 bits per heavy atom. The molecule has 0 radical (unpaired) electrons. The number of allylic oxidation sites excluding steroid dienone is 6. The van der Waals surface area contributed by atoms with Crippen LogP contribution in [0.15, 0.2) is 59.2 Å². The van der Waals surface area contributed by atoms with Crippen molar-refractivity contribution in [3.8, 4) is 0 Å². The highest BCUT2D eigenvalue weighted by Crippen LogP contribution is 2.40. The highest BCUT2D eigenvalue weighted by atomic mass is 14.3. The number of benzene rings is 1. The van der Waals surface area contributed by atoms with Crippen molar-refractivity contribution in [2.45, 2.75) is 60.3 Å². The fourth-order valence-electron chi connectivity index (χ4n) is 3.30. The molecule has 0 atom stereocenters. The Morgan fingerprint density at radius 2 is 1.82 bits per heavy atom. The summed E-state index contributed by atoms with van der Waals surface area (Å²) in [5, 5.41) is 0. The third-order valence-electron chi connectivity index (χ3n) is 4.84. The van der Waals surface area contributed by atoms with Gasteiger partial charge in [-0.25, -0.2) is 0 Å². The van der Waals surface area contributed by atoms with Crippen LogP contribution in [-0.2, 0) is 6.42 Å². The van der Waals surface area contributed by atoms with Gasteiger partial charge in [-0.1, -0.05) is 73.1 Å². The average Bonchev–Trinajstić information content (AvgIpc) is 2.45. The van der Waals surface area contributed by atoms with Gasteiger partial charge in [0.2, 0.25) is 0 Å². The molecule has 1 aromatic rings. The molecule has 0 aromatic heterocycles. The van der Waals surface area contributed by atoms with Crippen LogP contribution in [0.1, 0.15) is 58.1 Å². The van der Waals surface area contributed by atoms with E-state index in [0.29, 0.717) is 5.41 Å². The minimum Gasteiger partial charge on any atom is -0.0772 e. The van der Waals surface area contributed by atoms with Crippen LogP contribution in [0.3, 0.4) is 0 Å². The van der Waals surface area contributed by atoms with E-state index in [9.17, 15) is 0 Å². The van der Waals surface area contributed by atoms with Crippen molar-refractivity contribution in [3.05, 3.63) is 70.3 Å². The van der Waals surface area contributed by atoms with E-state index in [0.717, 1.165) is 6.42 Å². The first-order valence-electron chi connectivity index (χ1n) is 8.49. The van der Waals surface area contributed by atoms with Gasteiger partial charge in [-0.05, 0) is 63.0 Å². The molecule has 0 unspecified atom stereocenters. The molecular formula is C22H30. The van der Waals surface area contributed by atoms with E-state index < -0.39 is 0 Å². The summed E-state index contributed by atoms with van der Waals surface area (Å²) in [6.45, 7) is 11.4. The van der Waals surface area contributed by atoms with Crippen molar-refractivity contribution in [2.75, 3.05) is 0 Å². The Morgan fingerprint density at radius 1 is 1.14 bits per heavy atom. The molecule has 22 heavy (non-hydrogen) atoms. The van der Waals surface area contributed by atoms with Gasteiger partial charge in [0.1, 0.15) is 0 Å². The van der Waals surface area contributed by atoms with Crippen molar-refractivity contribution in [1.29, 1.82) is 0 Å².